The van der Waals surface area contributed by atoms with Crippen molar-refractivity contribution in [3.63, 3.8) is 0 Å². The summed E-state index contributed by atoms with van der Waals surface area (Å²) >= 11 is 0. The van der Waals surface area contributed by atoms with Crippen molar-refractivity contribution < 1.29 is 13.9 Å². The molecule has 366 valence electrons. The molecule has 1 aliphatic carbocycles. The molecule has 3 aromatic carbocycles. The summed E-state index contributed by atoms with van der Waals surface area (Å²) in [5.74, 6) is 2.45. The zero-order chi connectivity index (χ0) is 50.2. The Morgan fingerprint density at radius 2 is 1.02 bits per heavy atom. The first-order valence-corrected chi connectivity index (χ1v) is 24.4. The highest BCUT2D eigenvalue weighted by molar-refractivity contribution is 5.28. The van der Waals surface area contributed by atoms with Crippen LogP contribution in [0.5, 0.6) is 5.75 Å². The van der Waals surface area contributed by atoms with Crippen LogP contribution in [0, 0.1) is 39.4 Å². The van der Waals surface area contributed by atoms with Crippen LogP contribution in [0.15, 0.2) is 142 Å². The van der Waals surface area contributed by atoms with Crippen molar-refractivity contribution in [2.75, 3.05) is 0 Å². The lowest BCUT2D eigenvalue weighted by molar-refractivity contribution is 0.357. The van der Waals surface area contributed by atoms with Gasteiger partial charge in [-0.25, -0.2) is 4.98 Å². The molecule has 66 heavy (non-hydrogen) atoms. The summed E-state index contributed by atoms with van der Waals surface area (Å²) in [7, 11) is 0. The van der Waals surface area contributed by atoms with Gasteiger partial charge in [-0.2, -0.15) is 0 Å². The van der Waals surface area contributed by atoms with Crippen molar-refractivity contribution in [1.82, 2.24) is 4.98 Å². The van der Waals surface area contributed by atoms with E-state index in [1.54, 1.807) is 17.9 Å². The summed E-state index contributed by atoms with van der Waals surface area (Å²) in [4.78, 5) is 4.03. The molecule has 0 radical (unpaired) electrons. The molecule has 0 amide bonds. The molecule has 0 saturated carbocycles. The number of phenols is 1. The third-order valence-corrected chi connectivity index (χ3v) is 9.53. The highest BCUT2D eigenvalue weighted by atomic mass is 16.3. The molecule has 0 unspecified atom stereocenters. The summed E-state index contributed by atoms with van der Waals surface area (Å²) in [6.45, 7) is 42.2. The van der Waals surface area contributed by atoms with Crippen LogP contribution in [-0.4, -0.2) is 10.1 Å². The number of nitrogens with zero attached hydrogens (tertiary/aromatic N) is 1. The molecule has 5 aromatic rings. The molecule has 0 aliphatic heterocycles. The van der Waals surface area contributed by atoms with Gasteiger partial charge in [-0.05, 0) is 125 Å². The number of allylic oxidation sites excluding steroid dienone is 4. The molecule has 1 N–H and O–H groups in total. The Labute approximate surface area is 405 Å². The van der Waals surface area contributed by atoms with E-state index in [1.165, 1.54) is 48.8 Å². The van der Waals surface area contributed by atoms with Gasteiger partial charge in [0.05, 0.1) is 5.69 Å². The maximum atomic E-state index is 9.21. The summed E-state index contributed by atoms with van der Waals surface area (Å²) < 4.78 is 10.3. The van der Waals surface area contributed by atoms with E-state index in [4.69, 9.17) is 8.83 Å². The number of furan rings is 1. The molecule has 2 aromatic heterocycles. The van der Waals surface area contributed by atoms with E-state index in [0.717, 1.165) is 42.9 Å². The normalized spacial score (nSPS) is 12.6. The number of oxazole rings is 1. The Morgan fingerprint density at radius 3 is 1.42 bits per heavy atom. The average molecular weight is 902 g/mol. The number of benzene rings is 3. The van der Waals surface area contributed by atoms with E-state index in [2.05, 4.69) is 215 Å². The van der Waals surface area contributed by atoms with Gasteiger partial charge >= 0.3 is 0 Å². The van der Waals surface area contributed by atoms with Crippen molar-refractivity contribution in [3.8, 4) is 5.75 Å². The Balaban J connectivity index is 0.000000397. The molecule has 4 nitrogen and oxygen atoms in total. The van der Waals surface area contributed by atoms with Crippen LogP contribution in [0.3, 0.4) is 0 Å². The van der Waals surface area contributed by atoms with Gasteiger partial charge in [0.15, 0.2) is 6.39 Å². The van der Waals surface area contributed by atoms with E-state index in [0.29, 0.717) is 32.8 Å². The zero-order valence-electron chi connectivity index (χ0n) is 45.5. The van der Waals surface area contributed by atoms with Crippen LogP contribution < -0.4 is 0 Å². The zero-order valence-corrected chi connectivity index (χ0v) is 45.5. The third-order valence-electron chi connectivity index (χ3n) is 9.53. The smallest absolute Gasteiger partial charge is 0.180 e. The molecule has 0 saturated heterocycles. The molecule has 4 heteroatoms. The number of aryl methyl sites for hydroxylation is 2. The van der Waals surface area contributed by atoms with E-state index in [9.17, 15) is 5.11 Å². The number of phenolic OH excluding ortho intramolecular Hbond substituents is 1. The van der Waals surface area contributed by atoms with Crippen molar-refractivity contribution in [2.45, 2.75) is 183 Å². The van der Waals surface area contributed by atoms with Crippen LogP contribution >= 0.6 is 0 Å². The second kappa shape index (κ2) is 27.9. The minimum atomic E-state index is 0.286. The monoisotopic (exact) mass is 902 g/mol. The standard InChI is InChI=1S/C12H18.C11H16O.C11H16.C10H16O.C10H16.C8H13NO/c1-12(2,3)10-9-11-7-5-4-6-8-11;1-11(2,3)8-9-5-4-6-10(12)7-9;1-11(2,3)9-10-7-5-4-6-8-10;1-8-5-6-9(11-8)7-10(2,3)4;1-10(2,3)8-9-6-4-5-7-9;1-8(2,3)4-7-5-10-6-9-7/h4-8H,9-10H2,1-3H3;4-7,12H,8H2,1-3H3;4-8H,9H2,1-3H3;5-6H,7H2,1-4H3;4-6H,7-8H2,1-3H3;5-6H,4H2,1-3H3. The van der Waals surface area contributed by atoms with Gasteiger partial charge < -0.3 is 13.9 Å². The minimum Gasteiger partial charge on any atom is -0.508 e. The number of hydrogen-bond donors (Lipinski definition) is 1. The average Bonchev–Trinajstić information content (AvgIpc) is 3.94. The number of aromatic nitrogens is 1. The molecule has 0 bridgehead atoms. The molecular weight excluding hydrogens is 807 g/mol. The summed E-state index contributed by atoms with van der Waals surface area (Å²) in [5.41, 5.74) is 8.92. The van der Waals surface area contributed by atoms with Gasteiger partial charge in [0.1, 0.15) is 23.5 Å². The first-order valence-electron chi connectivity index (χ1n) is 24.4. The third kappa shape index (κ3) is 35.7. The lowest BCUT2D eigenvalue weighted by Gasteiger charge is -2.18. The first-order chi connectivity index (χ1) is 30.3. The maximum absolute atomic E-state index is 9.21. The minimum absolute atomic E-state index is 0.286. The van der Waals surface area contributed by atoms with Crippen LogP contribution in [0.4, 0.5) is 0 Å². The number of aromatic hydroxyl groups is 1. The van der Waals surface area contributed by atoms with Gasteiger partial charge in [0, 0.05) is 6.42 Å². The molecular formula is C62H95NO3. The van der Waals surface area contributed by atoms with Gasteiger partial charge in [0.25, 0.3) is 0 Å². The Bertz CT molecular complexity index is 2040. The van der Waals surface area contributed by atoms with Gasteiger partial charge in [-0.15, -0.1) is 0 Å². The van der Waals surface area contributed by atoms with Crippen molar-refractivity contribution in [1.29, 1.82) is 0 Å². The summed E-state index contributed by atoms with van der Waals surface area (Å²) in [5, 5.41) is 9.21. The molecule has 1 aliphatic rings. The van der Waals surface area contributed by atoms with Crippen LogP contribution in [0.2, 0.25) is 0 Å². The van der Waals surface area contributed by atoms with Crippen LogP contribution in [0.1, 0.15) is 178 Å². The van der Waals surface area contributed by atoms with Gasteiger partial charge in [0.2, 0.25) is 0 Å². The fourth-order valence-electron chi connectivity index (χ4n) is 6.93. The maximum Gasteiger partial charge on any atom is 0.180 e. The second-order valence-corrected chi connectivity index (χ2v) is 25.3. The Kier molecular flexibility index (Phi) is 25.1. The van der Waals surface area contributed by atoms with E-state index in [-0.39, 0.29) is 5.41 Å². The van der Waals surface area contributed by atoms with Crippen molar-refractivity contribution in [3.05, 3.63) is 167 Å². The fraction of sp³-hybridized carbons (Fsp3) is 0.532. The Morgan fingerprint density at radius 1 is 0.515 bits per heavy atom. The molecule has 2 heterocycles. The SMILES string of the molecule is CC(C)(C)CC1=CC=CC1.CC(C)(C)CCc1ccccc1.CC(C)(C)Cc1cccc(O)c1.CC(C)(C)Cc1ccccc1.CC(C)(C)Cc1cocn1.Cc1ccc(CC(C)(C)C)o1. The number of hydrogen-bond acceptors (Lipinski definition) is 4. The second-order valence-electron chi connectivity index (χ2n) is 25.3. The van der Waals surface area contributed by atoms with Crippen molar-refractivity contribution >= 4 is 0 Å². The fourth-order valence-corrected chi connectivity index (χ4v) is 6.93. The van der Waals surface area contributed by atoms with Gasteiger partial charge in [-0.1, -0.05) is 221 Å². The quantitative estimate of drug-likeness (QED) is 0.177. The lowest BCUT2D eigenvalue weighted by Crippen LogP contribution is -2.08. The van der Waals surface area contributed by atoms with Crippen LogP contribution in [-0.2, 0) is 32.1 Å². The highest BCUT2D eigenvalue weighted by Crippen LogP contribution is 2.28. The highest BCUT2D eigenvalue weighted by Gasteiger charge is 2.15. The topological polar surface area (TPSA) is 59.4 Å². The lowest BCUT2D eigenvalue weighted by atomic mass is 9.88. The predicted molar refractivity (Wildman–Crippen MR) is 287 cm³/mol. The van der Waals surface area contributed by atoms with E-state index < -0.39 is 0 Å². The summed E-state index contributed by atoms with van der Waals surface area (Å²) in [6.07, 6.45) is 18.8. The molecule has 0 fully saturated rings. The summed E-state index contributed by atoms with van der Waals surface area (Å²) in [6, 6.07) is 32.8. The van der Waals surface area contributed by atoms with Crippen LogP contribution in [0.25, 0.3) is 0 Å². The largest absolute Gasteiger partial charge is 0.508 e. The van der Waals surface area contributed by atoms with E-state index >= 15 is 0 Å². The Hall–Kier alpha value is -4.57. The predicted octanol–water partition coefficient (Wildman–Crippen LogP) is 18.7. The van der Waals surface area contributed by atoms with Gasteiger partial charge in [-0.3, -0.25) is 0 Å². The molecule has 0 atom stereocenters. The molecule has 6 rings (SSSR count). The first kappa shape index (κ1) is 59.4. The molecule has 0 spiro atoms. The van der Waals surface area contributed by atoms with E-state index in [1.807, 2.05) is 31.2 Å². The van der Waals surface area contributed by atoms with Crippen molar-refractivity contribution in [2.24, 2.45) is 32.5 Å². The number of rotatable bonds is 7.